The van der Waals surface area contributed by atoms with Crippen LogP contribution in [0.3, 0.4) is 0 Å². The fourth-order valence-corrected chi connectivity index (χ4v) is 2.22. The van der Waals surface area contributed by atoms with Crippen LogP contribution in [0.4, 0.5) is 0 Å². The van der Waals surface area contributed by atoms with Crippen molar-refractivity contribution in [3.8, 4) is 11.5 Å². The first-order valence-electron chi connectivity index (χ1n) is 8.11. The highest BCUT2D eigenvalue weighted by Gasteiger charge is 2.06. The van der Waals surface area contributed by atoms with Gasteiger partial charge in [-0.3, -0.25) is 14.4 Å². The molecule has 0 radical (unpaired) electrons. The topological polar surface area (TPSA) is 52.8 Å². The minimum Gasteiger partial charge on any atom is -0.497 e. The van der Waals surface area contributed by atoms with Crippen molar-refractivity contribution in [3.63, 3.8) is 0 Å². The van der Waals surface area contributed by atoms with Crippen LogP contribution in [0.5, 0.6) is 11.5 Å². The fraction of sp³-hybridized carbons (Fsp3) is 0.368. The molecular weight excluding hydrogens is 304 g/mol. The Bertz CT molecular complexity index is 718. The Morgan fingerprint density at radius 1 is 1.12 bits per heavy atom. The van der Waals surface area contributed by atoms with Crippen molar-refractivity contribution < 1.29 is 14.3 Å². The summed E-state index contributed by atoms with van der Waals surface area (Å²) in [6.45, 7) is 4.47. The lowest BCUT2D eigenvalue weighted by molar-refractivity contribution is 0.0887. The Hall–Kier alpha value is -2.56. The number of carbonyl (C=O) groups is 1. The number of hydrogen-bond acceptors (Lipinski definition) is 4. The molecule has 0 fully saturated rings. The standard InChI is InChI=1S/C19H24N2O3/c1-15(2)20-18-7-4-5-13-21(18)19(22)8-6-14-24-17-11-9-16(23-3)10-12-17/h4-5,7,9-13,15H,6,8,14H2,1-3H3. The second-order valence-electron chi connectivity index (χ2n) is 5.67. The average Bonchev–Trinajstić information content (AvgIpc) is 2.59. The highest BCUT2D eigenvalue weighted by atomic mass is 16.5. The predicted octanol–water partition coefficient (Wildman–Crippen LogP) is 3.31. The van der Waals surface area contributed by atoms with Crippen LogP contribution in [0.25, 0.3) is 0 Å². The number of methoxy groups -OCH3 is 1. The van der Waals surface area contributed by atoms with E-state index in [2.05, 4.69) is 4.99 Å². The zero-order valence-electron chi connectivity index (χ0n) is 14.4. The van der Waals surface area contributed by atoms with E-state index >= 15 is 0 Å². The Kier molecular flexibility index (Phi) is 6.61. The first-order chi connectivity index (χ1) is 11.6. The van der Waals surface area contributed by atoms with Gasteiger partial charge in [0.25, 0.3) is 0 Å². The van der Waals surface area contributed by atoms with Crippen LogP contribution in [0.2, 0.25) is 0 Å². The SMILES string of the molecule is COc1ccc(OCCCC(=O)n2ccccc2=NC(C)C)cc1. The van der Waals surface area contributed by atoms with Crippen molar-refractivity contribution >= 4 is 5.91 Å². The van der Waals surface area contributed by atoms with Gasteiger partial charge in [-0.05, 0) is 56.7 Å². The van der Waals surface area contributed by atoms with Gasteiger partial charge in [0.15, 0.2) is 0 Å². The summed E-state index contributed by atoms with van der Waals surface area (Å²) in [6.07, 6.45) is 2.81. The van der Waals surface area contributed by atoms with Gasteiger partial charge < -0.3 is 9.47 Å². The van der Waals surface area contributed by atoms with E-state index in [0.717, 1.165) is 11.5 Å². The number of carbonyl (C=O) groups excluding carboxylic acids is 1. The van der Waals surface area contributed by atoms with Gasteiger partial charge in [-0.15, -0.1) is 0 Å². The Morgan fingerprint density at radius 2 is 1.83 bits per heavy atom. The molecule has 0 aliphatic heterocycles. The molecule has 2 rings (SSSR count). The van der Waals surface area contributed by atoms with Crippen LogP contribution in [0.1, 0.15) is 31.5 Å². The number of ether oxygens (including phenoxy) is 2. The molecule has 0 N–H and O–H groups in total. The molecule has 1 aromatic heterocycles. The summed E-state index contributed by atoms with van der Waals surface area (Å²) in [5.41, 5.74) is 0.688. The largest absolute Gasteiger partial charge is 0.497 e. The number of pyridine rings is 1. The summed E-state index contributed by atoms with van der Waals surface area (Å²) in [7, 11) is 1.63. The highest BCUT2D eigenvalue weighted by molar-refractivity contribution is 5.78. The Morgan fingerprint density at radius 3 is 2.50 bits per heavy atom. The summed E-state index contributed by atoms with van der Waals surface area (Å²) in [5.74, 6) is 1.58. The van der Waals surface area contributed by atoms with Crippen molar-refractivity contribution in [3.05, 3.63) is 54.1 Å². The molecule has 0 aliphatic carbocycles. The monoisotopic (exact) mass is 328 g/mol. The van der Waals surface area contributed by atoms with E-state index in [1.807, 2.05) is 56.3 Å². The van der Waals surface area contributed by atoms with Crippen molar-refractivity contribution in [1.82, 2.24) is 4.57 Å². The van der Waals surface area contributed by atoms with E-state index in [-0.39, 0.29) is 11.9 Å². The Labute approximate surface area is 142 Å². The summed E-state index contributed by atoms with van der Waals surface area (Å²) in [6, 6.07) is 13.1. The molecule has 128 valence electrons. The van der Waals surface area contributed by atoms with E-state index in [9.17, 15) is 4.79 Å². The molecule has 5 heteroatoms. The lowest BCUT2D eigenvalue weighted by Crippen LogP contribution is -2.27. The van der Waals surface area contributed by atoms with Crippen molar-refractivity contribution in [2.24, 2.45) is 4.99 Å². The third-order valence-electron chi connectivity index (χ3n) is 3.36. The maximum Gasteiger partial charge on any atom is 0.232 e. The first-order valence-corrected chi connectivity index (χ1v) is 8.11. The molecule has 2 aromatic rings. The van der Waals surface area contributed by atoms with Gasteiger partial charge in [-0.2, -0.15) is 0 Å². The molecule has 0 unspecified atom stereocenters. The van der Waals surface area contributed by atoms with Gasteiger partial charge in [0.05, 0.1) is 13.7 Å². The smallest absolute Gasteiger partial charge is 0.232 e. The molecule has 1 aromatic carbocycles. The summed E-state index contributed by atoms with van der Waals surface area (Å²) in [4.78, 5) is 16.8. The van der Waals surface area contributed by atoms with Gasteiger partial charge in [0.1, 0.15) is 17.0 Å². The summed E-state index contributed by atoms with van der Waals surface area (Å²) < 4.78 is 12.4. The minimum absolute atomic E-state index is 0.0216. The van der Waals surface area contributed by atoms with E-state index in [1.54, 1.807) is 17.9 Å². The van der Waals surface area contributed by atoms with Gasteiger partial charge in [-0.25, -0.2) is 0 Å². The van der Waals surface area contributed by atoms with Gasteiger partial charge in [0.2, 0.25) is 5.91 Å². The molecule has 0 saturated carbocycles. The predicted molar refractivity (Wildman–Crippen MR) is 93.5 cm³/mol. The normalized spacial score (nSPS) is 11.6. The number of nitrogens with zero attached hydrogens (tertiary/aromatic N) is 2. The van der Waals surface area contributed by atoms with Gasteiger partial charge >= 0.3 is 0 Å². The number of aromatic nitrogens is 1. The quantitative estimate of drug-likeness (QED) is 0.733. The van der Waals surface area contributed by atoms with Crippen LogP contribution in [-0.4, -0.2) is 30.2 Å². The molecule has 5 nitrogen and oxygen atoms in total. The number of hydrogen-bond donors (Lipinski definition) is 0. The van der Waals surface area contributed by atoms with Crippen molar-refractivity contribution in [2.45, 2.75) is 32.7 Å². The second-order valence-corrected chi connectivity index (χ2v) is 5.67. The molecule has 1 heterocycles. The molecule has 0 saturated heterocycles. The number of benzene rings is 1. The molecule has 24 heavy (non-hydrogen) atoms. The first kappa shape index (κ1) is 17.8. The van der Waals surface area contributed by atoms with Crippen LogP contribution in [0, 0.1) is 0 Å². The van der Waals surface area contributed by atoms with Crippen LogP contribution < -0.4 is 15.0 Å². The van der Waals surface area contributed by atoms with E-state index < -0.39 is 0 Å². The van der Waals surface area contributed by atoms with Crippen LogP contribution >= 0.6 is 0 Å². The second kappa shape index (κ2) is 8.91. The summed E-state index contributed by atoms with van der Waals surface area (Å²) in [5, 5.41) is 0. The maximum atomic E-state index is 12.4. The third kappa shape index (κ3) is 5.26. The van der Waals surface area contributed by atoms with E-state index in [4.69, 9.17) is 9.47 Å². The number of rotatable bonds is 7. The van der Waals surface area contributed by atoms with Gasteiger partial charge in [0, 0.05) is 18.7 Å². The molecule has 0 amide bonds. The van der Waals surface area contributed by atoms with Crippen molar-refractivity contribution in [1.29, 1.82) is 0 Å². The molecule has 0 spiro atoms. The lowest BCUT2D eigenvalue weighted by Gasteiger charge is -2.09. The average molecular weight is 328 g/mol. The minimum atomic E-state index is 0.0216. The van der Waals surface area contributed by atoms with Gasteiger partial charge in [-0.1, -0.05) is 6.07 Å². The maximum absolute atomic E-state index is 12.4. The molecular formula is C19H24N2O3. The molecule has 0 atom stereocenters. The summed E-state index contributed by atoms with van der Waals surface area (Å²) >= 11 is 0. The zero-order chi connectivity index (χ0) is 17.4. The Balaban J connectivity index is 1.87. The third-order valence-corrected chi connectivity index (χ3v) is 3.36. The van der Waals surface area contributed by atoms with Crippen LogP contribution in [-0.2, 0) is 0 Å². The fourth-order valence-electron chi connectivity index (χ4n) is 2.22. The van der Waals surface area contributed by atoms with E-state index in [1.165, 1.54) is 0 Å². The highest BCUT2D eigenvalue weighted by Crippen LogP contribution is 2.17. The molecule has 0 aliphatic rings. The lowest BCUT2D eigenvalue weighted by atomic mass is 10.3. The zero-order valence-corrected chi connectivity index (χ0v) is 14.4. The van der Waals surface area contributed by atoms with E-state index in [0.29, 0.717) is 24.9 Å². The molecule has 0 bridgehead atoms. The van der Waals surface area contributed by atoms with Crippen LogP contribution in [0.15, 0.2) is 53.7 Å². The van der Waals surface area contributed by atoms with Crippen molar-refractivity contribution in [2.75, 3.05) is 13.7 Å².